The first-order valence-corrected chi connectivity index (χ1v) is 9.32. The lowest BCUT2D eigenvalue weighted by atomic mass is 10.2. The molecule has 0 aromatic carbocycles. The second-order valence-corrected chi connectivity index (χ2v) is 7.55. The maximum absolute atomic E-state index is 12.3. The van der Waals surface area contributed by atoms with E-state index in [-0.39, 0.29) is 4.90 Å². The molecule has 0 saturated carbocycles. The first-order valence-electron chi connectivity index (χ1n) is 6.89. The molecule has 2 aromatic rings. The molecule has 0 bridgehead atoms. The highest BCUT2D eigenvalue weighted by molar-refractivity contribution is 7.92. The van der Waals surface area contributed by atoms with Crippen molar-refractivity contribution in [3.63, 3.8) is 0 Å². The summed E-state index contributed by atoms with van der Waals surface area (Å²) in [6.07, 6.45) is 2.40. The van der Waals surface area contributed by atoms with Crippen LogP contribution in [0.4, 0.5) is 11.6 Å². The predicted octanol–water partition coefficient (Wildman–Crippen LogP) is 1.42. The molecular formula is C13H17N5O2S2. The average molecular weight is 339 g/mol. The van der Waals surface area contributed by atoms with Gasteiger partial charge in [-0.2, -0.15) is 0 Å². The number of sulfonamides is 1. The Labute approximate surface area is 133 Å². The summed E-state index contributed by atoms with van der Waals surface area (Å²) in [6.45, 7) is 3.73. The molecular weight excluding hydrogens is 322 g/mol. The van der Waals surface area contributed by atoms with Gasteiger partial charge in [-0.3, -0.25) is 4.72 Å². The van der Waals surface area contributed by atoms with Gasteiger partial charge in [0, 0.05) is 24.2 Å². The highest BCUT2D eigenvalue weighted by atomic mass is 32.2. The van der Waals surface area contributed by atoms with Crippen molar-refractivity contribution in [1.82, 2.24) is 15.3 Å². The minimum atomic E-state index is -3.66. The molecule has 0 amide bonds. The maximum Gasteiger partial charge on any atom is 0.264 e. The molecule has 3 rings (SSSR count). The van der Waals surface area contributed by atoms with Crippen LogP contribution in [0.25, 0.3) is 0 Å². The highest BCUT2D eigenvalue weighted by Gasteiger charge is 2.19. The van der Waals surface area contributed by atoms with Gasteiger partial charge in [0.25, 0.3) is 10.0 Å². The van der Waals surface area contributed by atoms with Crippen LogP contribution in [0.2, 0.25) is 0 Å². The lowest BCUT2D eigenvalue weighted by Crippen LogP contribution is -2.23. The SMILES string of the molecule is Cc1cc(S(=O)(=O)Nc2cscn2)cnc1N[C@H]1CCNC1. The summed E-state index contributed by atoms with van der Waals surface area (Å²) < 4.78 is 27.0. The van der Waals surface area contributed by atoms with Gasteiger partial charge in [0.1, 0.15) is 10.7 Å². The van der Waals surface area contributed by atoms with Gasteiger partial charge in [-0.1, -0.05) is 0 Å². The summed E-state index contributed by atoms with van der Waals surface area (Å²) in [5.74, 6) is 1.04. The van der Waals surface area contributed by atoms with Gasteiger partial charge in [-0.25, -0.2) is 18.4 Å². The number of aryl methyl sites for hydroxylation is 1. The first kappa shape index (κ1) is 15.2. The number of hydrogen-bond acceptors (Lipinski definition) is 7. The molecule has 118 valence electrons. The Balaban J connectivity index is 1.78. The Kier molecular flexibility index (Phi) is 4.27. The van der Waals surface area contributed by atoms with Crippen molar-refractivity contribution in [2.45, 2.75) is 24.3 Å². The number of anilines is 2. The Hall–Kier alpha value is -1.71. The molecule has 9 heteroatoms. The third kappa shape index (κ3) is 3.37. The Morgan fingerprint density at radius 2 is 2.27 bits per heavy atom. The standard InChI is InChI=1S/C13H17N5O2S2/c1-9-4-11(22(19,20)18-12-7-21-8-16-12)6-15-13(9)17-10-2-3-14-5-10/h4,6-8,10,14,18H,2-3,5H2,1H3,(H,15,17)/t10-/m0/s1. The van der Waals surface area contributed by atoms with Crippen molar-refractivity contribution in [2.75, 3.05) is 23.1 Å². The van der Waals surface area contributed by atoms with Crippen LogP contribution in [0.5, 0.6) is 0 Å². The van der Waals surface area contributed by atoms with Crippen molar-refractivity contribution in [3.05, 3.63) is 28.7 Å². The van der Waals surface area contributed by atoms with Crippen molar-refractivity contribution in [2.24, 2.45) is 0 Å². The zero-order valence-corrected chi connectivity index (χ0v) is 13.7. The molecule has 22 heavy (non-hydrogen) atoms. The van der Waals surface area contributed by atoms with Gasteiger partial charge in [0.2, 0.25) is 0 Å². The van der Waals surface area contributed by atoms with Gasteiger partial charge >= 0.3 is 0 Å². The molecule has 1 fully saturated rings. The van der Waals surface area contributed by atoms with Gasteiger partial charge < -0.3 is 10.6 Å². The van der Waals surface area contributed by atoms with E-state index in [0.29, 0.717) is 11.9 Å². The van der Waals surface area contributed by atoms with Crippen LogP contribution in [0.15, 0.2) is 28.0 Å². The topological polar surface area (TPSA) is 96.0 Å². The van der Waals surface area contributed by atoms with Crippen molar-refractivity contribution in [1.29, 1.82) is 0 Å². The Bertz CT molecular complexity index is 740. The quantitative estimate of drug-likeness (QED) is 0.762. The van der Waals surface area contributed by atoms with Crippen LogP contribution in [-0.4, -0.2) is 37.5 Å². The molecule has 0 aliphatic carbocycles. The Morgan fingerprint density at radius 3 is 2.91 bits per heavy atom. The lowest BCUT2D eigenvalue weighted by Gasteiger charge is -2.15. The summed E-state index contributed by atoms with van der Waals surface area (Å²) in [6, 6.07) is 1.95. The molecule has 2 aromatic heterocycles. The van der Waals surface area contributed by atoms with Crippen molar-refractivity contribution in [3.8, 4) is 0 Å². The molecule has 1 aliphatic rings. The van der Waals surface area contributed by atoms with Crippen LogP contribution in [0.1, 0.15) is 12.0 Å². The predicted molar refractivity (Wildman–Crippen MR) is 86.8 cm³/mol. The molecule has 0 radical (unpaired) electrons. The van der Waals surface area contributed by atoms with E-state index in [0.717, 1.165) is 30.9 Å². The highest BCUT2D eigenvalue weighted by Crippen LogP contribution is 2.20. The first-order chi connectivity index (χ1) is 10.5. The van der Waals surface area contributed by atoms with Crippen molar-refractivity contribution < 1.29 is 8.42 Å². The van der Waals surface area contributed by atoms with Gasteiger partial charge in [0.15, 0.2) is 5.82 Å². The van der Waals surface area contributed by atoms with Gasteiger partial charge in [-0.05, 0) is 31.5 Å². The number of rotatable bonds is 5. The zero-order valence-electron chi connectivity index (χ0n) is 12.0. The minimum absolute atomic E-state index is 0.132. The van der Waals surface area contributed by atoms with Gasteiger partial charge in [-0.15, -0.1) is 11.3 Å². The fraction of sp³-hybridized carbons (Fsp3) is 0.385. The molecule has 1 saturated heterocycles. The number of pyridine rings is 1. The summed E-state index contributed by atoms with van der Waals surface area (Å²) in [7, 11) is -3.66. The minimum Gasteiger partial charge on any atom is -0.366 e. The molecule has 0 spiro atoms. The number of nitrogens with one attached hydrogen (secondary N) is 3. The normalized spacial score (nSPS) is 18.3. The summed E-state index contributed by atoms with van der Waals surface area (Å²) >= 11 is 1.33. The molecule has 3 heterocycles. The second-order valence-electron chi connectivity index (χ2n) is 5.15. The summed E-state index contributed by atoms with van der Waals surface area (Å²) in [5, 5.41) is 8.24. The second kappa shape index (κ2) is 6.19. The summed E-state index contributed by atoms with van der Waals surface area (Å²) in [5.41, 5.74) is 2.37. The third-order valence-electron chi connectivity index (χ3n) is 3.44. The van der Waals surface area contributed by atoms with Gasteiger partial charge in [0.05, 0.1) is 5.51 Å². The average Bonchev–Trinajstić information content (AvgIpc) is 3.14. The molecule has 1 atom stereocenters. The number of hydrogen-bond donors (Lipinski definition) is 3. The van der Waals surface area contributed by atoms with E-state index >= 15 is 0 Å². The van der Waals surface area contributed by atoms with Crippen LogP contribution < -0.4 is 15.4 Å². The fourth-order valence-corrected chi connectivity index (χ4v) is 3.86. The molecule has 0 unspecified atom stereocenters. The van der Waals surface area contributed by atoms with Crippen LogP contribution in [-0.2, 0) is 10.0 Å². The third-order valence-corrected chi connectivity index (χ3v) is 5.34. The zero-order chi connectivity index (χ0) is 15.6. The van der Waals surface area contributed by atoms with E-state index in [4.69, 9.17) is 0 Å². The van der Waals surface area contributed by atoms with E-state index in [1.165, 1.54) is 17.5 Å². The van der Waals surface area contributed by atoms with E-state index in [9.17, 15) is 8.42 Å². The largest absolute Gasteiger partial charge is 0.366 e. The molecule has 7 nitrogen and oxygen atoms in total. The fourth-order valence-electron chi connectivity index (χ4n) is 2.28. The number of nitrogens with zero attached hydrogens (tertiary/aromatic N) is 2. The summed E-state index contributed by atoms with van der Waals surface area (Å²) in [4.78, 5) is 8.32. The van der Waals surface area contributed by atoms with Crippen LogP contribution in [0, 0.1) is 6.92 Å². The molecule has 3 N–H and O–H groups in total. The van der Waals surface area contributed by atoms with Crippen LogP contribution in [0.3, 0.4) is 0 Å². The number of aromatic nitrogens is 2. The van der Waals surface area contributed by atoms with E-state index < -0.39 is 10.0 Å². The monoisotopic (exact) mass is 339 g/mol. The lowest BCUT2D eigenvalue weighted by molar-refractivity contribution is 0.600. The smallest absolute Gasteiger partial charge is 0.264 e. The van der Waals surface area contributed by atoms with Crippen molar-refractivity contribution >= 4 is 33.0 Å². The number of thiazole rings is 1. The Morgan fingerprint density at radius 1 is 1.41 bits per heavy atom. The molecule has 1 aliphatic heterocycles. The van der Waals surface area contributed by atoms with Crippen LogP contribution >= 0.6 is 11.3 Å². The maximum atomic E-state index is 12.3. The van der Waals surface area contributed by atoms with E-state index in [2.05, 4.69) is 25.3 Å². The van der Waals surface area contributed by atoms with E-state index in [1.54, 1.807) is 17.0 Å². The van der Waals surface area contributed by atoms with E-state index in [1.807, 2.05) is 6.92 Å².